The lowest BCUT2D eigenvalue weighted by atomic mass is 9.90. The number of carbonyl (C=O) groups is 1. The summed E-state index contributed by atoms with van der Waals surface area (Å²) in [6.07, 6.45) is 4.52. The Hall–Kier alpha value is -0.610. The Balaban J connectivity index is 1.98. The second kappa shape index (κ2) is 6.02. The summed E-state index contributed by atoms with van der Waals surface area (Å²) in [7, 11) is 4.18. The molecule has 0 aliphatic carbocycles. The molecule has 0 bridgehead atoms. The van der Waals surface area contributed by atoms with Crippen molar-refractivity contribution in [1.82, 2.24) is 15.1 Å². The van der Waals surface area contributed by atoms with Crippen molar-refractivity contribution >= 4 is 5.91 Å². The predicted octanol–water partition coefficient (Wildman–Crippen LogP) is 0.927. The molecule has 0 radical (unpaired) electrons. The highest BCUT2D eigenvalue weighted by atomic mass is 16.2. The second-order valence-corrected chi connectivity index (χ2v) is 6.08. The maximum Gasteiger partial charge on any atom is 0.227 e. The Labute approximate surface area is 111 Å². The van der Waals surface area contributed by atoms with E-state index < -0.39 is 0 Å². The Morgan fingerprint density at radius 1 is 1.33 bits per heavy atom. The standard InChI is InChI=1S/C14H27N3O/c1-11-13(7-4-8-15-11)14(18)17-9-5-6-12(17)10-16(2)3/h11-13,15H,4-10H2,1-3H3. The fraction of sp³-hybridized carbons (Fsp3) is 0.929. The van der Waals surface area contributed by atoms with E-state index in [1.54, 1.807) is 0 Å². The lowest BCUT2D eigenvalue weighted by Crippen LogP contribution is -2.50. The molecule has 0 saturated carbocycles. The van der Waals surface area contributed by atoms with Crippen molar-refractivity contribution in [2.24, 2.45) is 5.92 Å². The van der Waals surface area contributed by atoms with Crippen LogP contribution >= 0.6 is 0 Å². The molecule has 0 spiro atoms. The van der Waals surface area contributed by atoms with Gasteiger partial charge in [0, 0.05) is 25.2 Å². The smallest absolute Gasteiger partial charge is 0.227 e. The third kappa shape index (κ3) is 3.04. The first-order chi connectivity index (χ1) is 8.59. The van der Waals surface area contributed by atoms with Crippen LogP contribution in [0.25, 0.3) is 0 Å². The van der Waals surface area contributed by atoms with Crippen molar-refractivity contribution in [3.63, 3.8) is 0 Å². The van der Waals surface area contributed by atoms with Crippen molar-refractivity contribution in [3.05, 3.63) is 0 Å². The van der Waals surface area contributed by atoms with E-state index in [9.17, 15) is 4.79 Å². The summed E-state index contributed by atoms with van der Waals surface area (Å²) in [5, 5.41) is 3.43. The van der Waals surface area contributed by atoms with Crippen molar-refractivity contribution < 1.29 is 4.79 Å². The van der Waals surface area contributed by atoms with Crippen LogP contribution in [-0.2, 0) is 4.79 Å². The number of nitrogens with zero attached hydrogens (tertiary/aromatic N) is 2. The summed E-state index contributed by atoms with van der Waals surface area (Å²) in [5.41, 5.74) is 0. The fourth-order valence-electron chi connectivity index (χ4n) is 3.33. The van der Waals surface area contributed by atoms with Crippen molar-refractivity contribution in [3.8, 4) is 0 Å². The van der Waals surface area contributed by atoms with Gasteiger partial charge in [0.25, 0.3) is 0 Å². The monoisotopic (exact) mass is 253 g/mol. The largest absolute Gasteiger partial charge is 0.338 e. The topological polar surface area (TPSA) is 35.6 Å². The highest BCUT2D eigenvalue weighted by Gasteiger charge is 2.36. The molecule has 2 heterocycles. The third-order valence-corrected chi connectivity index (χ3v) is 4.32. The van der Waals surface area contributed by atoms with Crippen LogP contribution in [0, 0.1) is 5.92 Å². The summed E-state index contributed by atoms with van der Waals surface area (Å²) in [6.45, 7) is 5.17. The van der Waals surface area contributed by atoms with E-state index in [1.807, 2.05) is 0 Å². The molecular formula is C14H27N3O. The zero-order valence-electron chi connectivity index (χ0n) is 12.0. The summed E-state index contributed by atoms with van der Waals surface area (Å²) in [5.74, 6) is 0.584. The van der Waals surface area contributed by atoms with Gasteiger partial charge in [0.15, 0.2) is 0 Å². The molecule has 104 valence electrons. The van der Waals surface area contributed by atoms with Crippen LogP contribution in [0.4, 0.5) is 0 Å². The number of hydrogen-bond donors (Lipinski definition) is 1. The second-order valence-electron chi connectivity index (χ2n) is 6.08. The Morgan fingerprint density at radius 3 is 2.78 bits per heavy atom. The number of carbonyl (C=O) groups excluding carboxylic acids is 1. The van der Waals surface area contributed by atoms with Crippen LogP contribution in [0.5, 0.6) is 0 Å². The fourth-order valence-corrected chi connectivity index (χ4v) is 3.33. The van der Waals surface area contributed by atoms with Gasteiger partial charge in [-0.1, -0.05) is 0 Å². The van der Waals surface area contributed by atoms with E-state index in [2.05, 4.69) is 36.1 Å². The van der Waals surface area contributed by atoms with Gasteiger partial charge in [0.05, 0.1) is 5.92 Å². The van der Waals surface area contributed by atoms with E-state index in [-0.39, 0.29) is 5.92 Å². The predicted molar refractivity (Wildman–Crippen MR) is 73.5 cm³/mol. The van der Waals surface area contributed by atoms with E-state index in [0.717, 1.165) is 32.5 Å². The number of likely N-dealkylation sites (tertiary alicyclic amines) is 1. The molecule has 2 saturated heterocycles. The number of piperidine rings is 1. The molecule has 2 aliphatic heterocycles. The van der Waals surface area contributed by atoms with Crippen LogP contribution < -0.4 is 5.32 Å². The molecule has 2 aliphatic rings. The summed E-state index contributed by atoms with van der Waals surface area (Å²) in [6, 6.07) is 0.772. The third-order valence-electron chi connectivity index (χ3n) is 4.32. The lowest BCUT2D eigenvalue weighted by molar-refractivity contribution is -0.138. The van der Waals surface area contributed by atoms with Crippen LogP contribution in [0.3, 0.4) is 0 Å². The SMILES string of the molecule is CC1NCCCC1C(=O)N1CCCC1CN(C)C. The average molecular weight is 253 g/mol. The number of rotatable bonds is 3. The maximum atomic E-state index is 12.7. The summed E-state index contributed by atoms with van der Waals surface area (Å²) in [4.78, 5) is 17.0. The molecule has 0 aromatic heterocycles. The zero-order chi connectivity index (χ0) is 13.1. The number of amides is 1. The molecule has 1 amide bonds. The van der Waals surface area contributed by atoms with Crippen molar-refractivity contribution in [2.75, 3.05) is 33.7 Å². The van der Waals surface area contributed by atoms with Gasteiger partial charge >= 0.3 is 0 Å². The van der Waals surface area contributed by atoms with Crippen molar-refractivity contribution in [2.45, 2.75) is 44.7 Å². The average Bonchev–Trinajstić information content (AvgIpc) is 2.76. The number of nitrogens with one attached hydrogen (secondary N) is 1. The van der Waals surface area contributed by atoms with Crippen LogP contribution in [0.2, 0.25) is 0 Å². The molecule has 0 aromatic rings. The molecule has 18 heavy (non-hydrogen) atoms. The normalized spacial score (nSPS) is 33.1. The quantitative estimate of drug-likeness (QED) is 0.812. The highest BCUT2D eigenvalue weighted by molar-refractivity contribution is 5.80. The van der Waals surface area contributed by atoms with Gasteiger partial charge < -0.3 is 15.1 Å². The maximum absolute atomic E-state index is 12.7. The van der Waals surface area contributed by atoms with E-state index in [1.165, 1.54) is 12.8 Å². The summed E-state index contributed by atoms with van der Waals surface area (Å²) >= 11 is 0. The number of hydrogen-bond acceptors (Lipinski definition) is 3. The first-order valence-corrected chi connectivity index (χ1v) is 7.28. The molecular weight excluding hydrogens is 226 g/mol. The molecule has 4 heteroatoms. The molecule has 1 N–H and O–H groups in total. The molecule has 2 rings (SSSR count). The van der Waals surface area contributed by atoms with Gasteiger partial charge in [-0.25, -0.2) is 0 Å². The number of likely N-dealkylation sites (N-methyl/N-ethyl adjacent to an activating group) is 1. The van der Waals surface area contributed by atoms with Gasteiger partial charge in [-0.3, -0.25) is 4.79 Å². The van der Waals surface area contributed by atoms with Crippen LogP contribution in [0.15, 0.2) is 0 Å². The van der Waals surface area contributed by atoms with Gasteiger partial charge in [0.1, 0.15) is 0 Å². The molecule has 0 aromatic carbocycles. The molecule has 3 unspecified atom stereocenters. The van der Waals surface area contributed by atoms with Gasteiger partial charge in [-0.2, -0.15) is 0 Å². The van der Waals surface area contributed by atoms with Gasteiger partial charge in [-0.15, -0.1) is 0 Å². The van der Waals surface area contributed by atoms with Gasteiger partial charge in [0.2, 0.25) is 5.91 Å². The molecule has 3 atom stereocenters. The summed E-state index contributed by atoms with van der Waals surface area (Å²) < 4.78 is 0. The minimum atomic E-state index is 0.196. The molecule has 4 nitrogen and oxygen atoms in total. The first kappa shape index (κ1) is 13.8. The first-order valence-electron chi connectivity index (χ1n) is 7.28. The Bertz CT molecular complexity index is 293. The minimum absolute atomic E-state index is 0.196. The van der Waals surface area contributed by atoms with Crippen LogP contribution in [0.1, 0.15) is 32.6 Å². The van der Waals surface area contributed by atoms with Crippen molar-refractivity contribution in [1.29, 1.82) is 0 Å². The Morgan fingerprint density at radius 2 is 2.11 bits per heavy atom. The molecule has 2 fully saturated rings. The van der Waals surface area contributed by atoms with Crippen LogP contribution in [-0.4, -0.2) is 61.5 Å². The van der Waals surface area contributed by atoms with E-state index in [0.29, 0.717) is 18.0 Å². The zero-order valence-corrected chi connectivity index (χ0v) is 12.0. The Kier molecular flexibility index (Phi) is 4.62. The minimum Gasteiger partial charge on any atom is -0.338 e. The van der Waals surface area contributed by atoms with Gasteiger partial charge in [-0.05, 0) is 53.2 Å². The lowest BCUT2D eigenvalue weighted by Gasteiger charge is -2.35. The highest BCUT2D eigenvalue weighted by Crippen LogP contribution is 2.25. The van der Waals surface area contributed by atoms with E-state index in [4.69, 9.17) is 0 Å². The van der Waals surface area contributed by atoms with E-state index >= 15 is 0 Å².